The molecule has 0 heterocycles. The standard InChI is InChI=1S/C25H21.3ClH.Ti/c1-20-12-11-19-24(20)25(21-13-5-2-6-14-21,22-15-7-3-8-16-22)23-17-9-4-10-18-23;;;;/h2-11,13-18H,19H2,1H3;3*1H;/q-1;;;;+4/p-3. The van der Waals surface area contributed by atoms with Crippen molar-refractivity contribution in [3.63, 3.8) is 0 Å². The number of hydrogen-bond donors (Lipinski definition) is 0. The first kappa shape index (κ1) is 27.7. The molecule has 0 saturated heterocycles. The van der Waals surface area contributed by atoms with Crippen LogP contribution < -0.4 is 37.2 Å². The molecule has 0 amide bonds. The first-order valence-electron chi connectivity index (χ1n) is 8.78. The fraction of sp³-hybridized carbons (Fsp3) is 0.120. The predicted octanol–water partition coefficient (Wildman–Crippen LogP) is -2.89. The van der Waals surface area contributed by atoms with Crippen molar-refractivity contribution in [2.24, 2.45) is 0 Å². The molecule has 0 saturated carbocycles. The Bertz CT molecular complexity index is 823. The largest absolute Gasteiger partial charge is 4.00 e. The Hall–Kier alpha value is -1.28. The summed E-state index contributed by atoms with van der Waals surface area (Å²) in [6.45, 7) is 2.18. The van der Waals surface area contributed by atoms with E-state index in [0.717, 1.165) is 6.42 Å². The molecule has 0 unspecified atom stereocenters. The number of hydrogen-bond acceptors (Lipinski definition) is 0. The summed E-state index contributed by atoms with van der Waals surface area (Å²) < 4.78 is 0. The second-order valence-electron chi connectivity index (χ2n) is 6.50. The molecule has 1 aliphatic rings. The van der Waals surface area contributed by atoms with Crippen molar-refractivity contribution in [1.82, 2.24) is 0 Å². The van der Waals surface area contributed by atoms with Gasteiger partial charge in [0.25, 0.3) is 0 Å². The summed E-state index contributed by atoms with van der Waals surface area (Å²) in [5.74, 6) is 0. The molecule has 1 aliphatic carbocycles. The third kappa shape index (κ3) is 5.08. The molecule has 0 radical (unpaired) electrons. The monoisotopic (exact) mass is 474 g/mol. The van der Waals surface area contributed by atoms with Gasteiger partial charge in [0.15, 0.2) is 0 Å². The summed E-state index contributed by atoms with van der Waals surface area (Å²) >= 11 is 0. The van der Waals surface area contributed by atoms with E-state index in [0.29, 0.717) is 0 Å². The van der Waals surface area contributed by atoms with Crippen LogP contribution in [0.3, 0.4) is 0 Å². The molecule has 4 heteroatoms. The van der Waals surface area contributed by atoms with Gasteiger partial charge >= 0.3 is 21.7 Å². The van der Waals surface area contributed by atoms with E-state index < -0.39 is 0 Å². The zero-order chi connectivity index (χ0) is 17.1. The van der Waals surface area contributed by atoms with Crippen molar-refractivity contribution in [2.75, 3.05) is 0 Å². The van der Waals surface area contributed by atoms with E-state index in [-0.39, 0.29) is 64.4 Å². The van der Waals surface area contributed by atoms with Crippen LogP contribution in [0.25, 0.3) is 0 Å². The maximum atomic E-state index is 3.44. The molecule has 4 rings (SSSR count). The van der Waals surface area contributed by atoms with Gasteiger partial charge in [-0.2, -0.15) is 11.6 Å². The Morgan fingerprint density at radius 2 is 0.966 bits per heavy atom. The Balaban J connectivity index is 0.00000196. The molecule has 0 N–H and O–H groups in total. The van der Waals surface area contributed by atoms with Gasteiger partial charge < -0.3 is 37.2 Å². The van der Waals surface area contributed by atoms with Crippen LogP contribution in [0.1, 0.15) is 30.0 Å². The van der Waals surface area contributed by atoms with Crippen LogP contribution in [0, 0.1) is 6.08 Å². The Morgan fingerprint density at radius 1 is 0.621 bits per heavy atom. The Kier molecular flexibility index (Phi) is 11.9. The molecular formula is C25H21Cl3Ti. The molecule has 0 aliphatic heterocycles. The predicted molar refractivity (Wildman–Crippen MR) is 104 cm³/mol. The van der Waals surface area contributed by atoms with Crippen LogP contribution in [0.4, 0.5) is 0 Å². The van der Waals surface area contributed by atoms with Crippen LogP contribution in [-0.2, 0) is 27.1 Å². The summed E-state index contributed by atoms with van der Waals surface area (Å²) in [6, 6.07) is 32.6. The summed E-state index contributed by atoms with van der Waals surface area (Å²) in [4.78, 5) is 0. The van der Waals surface area contributed by atoms with Crippen molar-refractivity contribution in [3.05, 3.63) is 131 Å². The zero-order valence-electron chi connectivity index (χ0n) is 16.1. The first-order chi connectivity index (χ1) is 12.3. The van der Waals surface area contributed by atoms with E-state index in [1.54, 1.807) is 0 Å². The van der Waals surface area contributed by atoms with Gasteiger partial charge in [0.2, 0.25) is 0 Å². The average molecular weight is 476 g/mol. The van der Waals surface area contributed by atoms with E-state index in [1.807, 2.05) is 0 Å². The minimum absolute atomic E-state index is 0. The van der Waals surface area contributed by atoms with Crippen LogP contribution in [-0.4, -0.2) is 0 Å². The molecule has 0 fully saturated rings. The Labute approximate surface area is 207 Å². The van der Waals surface area contributed by atoms with Crippen molar-refractivity contribution in [1.29, 1.82) is 0 Å². The van der Waals surface area contributed by atoms with Crippen LogP contribution in [0.5, 0.6) is 0 Å². The minimum atomic E-state index is -0.284. The number of benzene rings is 3. The quantitative estimate of drug-likeness (QED) is 0.216. The van der Waals surface area contributed by atoms with Crippen molar-refractivity contribution in [3.8, 4) is 0 Å². The molecule has 3 aromatic carbocycles. The summed E-state index contributed by atoms with van der Waals surface area (Å²) in [7, 11) is 0. The molecule has 146 valence electrons. The van der Waals surface area contributed by atoms with E-state index in [2.05, 4.69) is 110 Å². The summed E-state index contributed by atoms with van der Waals surface area (Å²) in [5, 5.41) is 0. The van der Waals surface area contributed by atoms with Gasteiger partial charge in [0.1, 0.15) is 0 Å². The van der Waals surface area contributed by atoms with Gasteiger partial charge in [-0.3, -0.25) is 6.08 Å². The van der Waals surface area contributed by atoms with Crippen molar-refractivity contribution in [2.45, 2.75) is 18.8 Å². The van der Waals surface area contributed by atoms with E-state index in [4.69, 9.17) is 0 Å². The fourth-order valence-electron chi connectivity index (χ4n) is 4.07. The maximum Gasteiger partial charge on any atom is 4.00 e. The first-order valence-corrected chi connectivity index (χ1v) is 8.78. The van der Waals surface area contributed by atoms with Gasteiger partial charge in [-0.25, -0.2) is 5.57 Å². The van der Waals surface area contributed by atoms with Gasteiger partial charge in [-0.15, -0.1) is 0 Å². The topological polar surface area (TPSA) is 0 Å². The van der Waals surface area contributed by atoms with Gasteiger partial charge in [-0.05, 0) is 16.7 Å². The minimum Gasteiger partial charge on any atom is -1.00 e. The second kappa shape index (κ2) is 12.4. The summed E-state index contributed by atoms with van der Waals surface area (Å²) in [5.41, 5.74) is 6.29. The van der Waals surface area contributed by atoms with Gasteiger partial charge in [0.05, 0.1) is 0 Å². The molecule has 0 aromatic heterocycles. The smallest absolute Gasteiger partial charge is 1.00 e. The maximum absolute atomic E-state index is 3.44. The second-order valence-corrected chi connectivity index (χ2v) is 6.50. The number of halogens is 3. The van der Waals surface area contributed by atoms with Gasteiger partial charge in [-0.1, -0.05) is 104 Å². The molecule has 0 bridgehead atoms. The van der Waals surface area contributed by atoms with E-state index in [1.165, 1.54) is 27.8 Å². The average Bonchev–Trinajstić information content (AvgIpc) is 3.12. The van der Waals surface area contributed by atoms with E-state index in [9.17, 15) is 0 Å². The third-order valence-electron chi connectivity index (χ3n) is 5.15. The van der Waals surface area contributed by atoms with Crippen molar-refractivity contribution >= 4 is 0 Å². The molecule has 0 nitrogen and oxygen atoms in total. The third-order valence-corrected chi connectivity index (χ3v) is 5.15. The van der Waals surface area contributed by atoms with Crippen LogP contribution in [0.2, 0.25) is 0 Å². The molecular weight excluding hydrogens is 455 g/mol. The van der Waals surface area contributed by atoms with Crippen LogP contribution in [0.15, 0.2) is 108 Å². The fourth-order valence-corrected chi connectivity index (χ4v) is 4.07. The number of allylic oxidation sites excluding steroid dienone is 4. The van der Waals surface area contributed by atoms with E-state index >= 15 is 0 Å². The summed E-state index contributed by atoms with van der Waals surface area (Å²) in [6.07, 6.45) is 6.53. The van der Waals surface area contributed by atoms with Gasteiger partial charge in [0, 0.05) is 5.41 Å². The Morgan fingerprint density at radius 3 is 1.24 bits per heavy atom. The molecule has 0 spiro atoms. The van der Waals surface area contributed by atoms with Crippen molar-refractivity contribution < 1.29 is 58.9 Å². The number of rotatable bonds is 4. The van der Waals surface area contributed by atoms with Crippen LogP contribution >= 0.6 is 0 Å². The molecule has 3 aromatic rings. The molecule has 29 heavy (non-hydrogen) atoms. The normalized spacial score (nSPS) is 12.2. The molecule has 0 atom stereocenters. The zero-order valence-corrected chi connectivity index (χ0v) is 19.9. The SMILES string of the molecule is CC1=C(C(c2ccccc2)(c2ccccc2)c2ccccc2)CC=[C-]1.[Cl-].[Cl-].[Cl-].[Ti+4].